The van der Waals surface area contributed by atoms with Gasteiger partial charge in [0.1, 0.15) is 0 Å². The molecule has 0 saturated heterocycles. The summed E-state index contributed by atoms with van der Waals surface area (Å²) < 4.78 is 0. The fourth-order valence-electron chi connectivity index (χ4n) is 0.0572. The fourth-order valence-corrected chi connectivity index (χ4v) is 0.297. The number of halogens is 2. The second kappa shape index (κ2) is 5.05. The van der Waals surface area contributed by atoms with E-state index in [4.69, 9.17) is 5.11 Å². The lowest BCUT2D eigenvalue weighted by Crippen LogP contribution is -2.12. The van der Waals surface area contributed by atoms with Gasteiger partial charge in [-0.3, -0.25) is 4.79 Å². The molecular weight excluding hydrogens is 199 g/mol. The SMILES string of the molecule is Cl.O=C(O)C(=O)CBr. The van der Waals surface area contributed by atoms with Crippen LogP contribution in [0.4, 0.5) is 0 Å². The second-order valence-corrected chi connectivity index (χ2v) is 1.42. The van der Waals surface area contributed by atoms with Crippen molar-refractivity contribution < 1.29 is 14.7 Å². The lowest BCUT2D eigenvalue weighted by Gasteiger charge is -1.79. The molecule has 8 heavy (non-hydrogen) atoms. The zero-order valence-electron chi connectivity index (χ0n) is 3.76. The van der Waals surface area contributed by atoms with Gasteiger partial charge < -0.3 is 5.11 Å². The largest absolute Gasteiger partial charge is 0.475 e. The van der Waals surface area contributed by atoms with Crippen molar-refractivity contribution in [1.82, 2.24) is 0 Å². The van der Waals surface area contributed by atoms with Crippen LogP contribution in [-0.4, -0.2) is 22.2 Å². The summed E-state index contributed by atoms with van der Waals surface area (Å²) in [6, 6.07) is 0. The van der Waals surface area contributed by atoms with Crippen LogP contribution in [0.1, 0.15) is 0 Å². The number of carbonyl (C=O) groups excluding carboxylic acids is 1. The fraction of sp³-hybridized carbons (Fsp3) is 0.333. The highest BCUT2D eigenvalue weighted by atomic mass is 79.9. The number of carbonyl (C=O) groups is 2. The van der Waals surface area contributed by atoms with Gasteiger partial charge in [0.25, 0.3) is 0 Å². The number of hydrogen-bond acceptors (Lipinski definition) is 2. The van der Waals surface area contributed by atoms with E-state index < -0.39 is 11.8 Å². The highest BCUT2D eigenvalue weighted by Crippen LogP contribution is 1.80. The normalized spacial score (nSPS) is 7.12. The smallest absolute Gasteiger partial charge is 0.373 e. The predicted molar refractivity (Wildman–Crippen MR) is 33.7 cm³/mol. The lowest BCUT2D eigenvalue weighted by atomic mass is 10.5. The number of ketones is 1. The summed E-state index contributed by atoms with van der Waals surface area (Å²) >= 11 is 2.68. The molecule has 48 valence electrons. The molecule has 0 radical (unpaired) electrons. The molecule has 0 aliphatic rings. The average molecular weight is 203 g/mol. The minimum Gasteiger partial charge on any atom is -0.475 e. The Hall–Kier alpha value is -0.0900. The Kier molecular flexibility index (Phi) is 6.83. The van der Waals surface area contributed by atoms with E-state index in [-0.39, 0.29) is 17.7 Å². The molecule has 5 heteroatoms. The number of Topliss-reactive ketones (excluding diaryl/α,β-unsaturated/α-hetero) is 1. The quantitative estimate of drug-likeness (QED) is 0.524. The molecule has 0 spiro atoms. The first-order chi connectivity index (χ1) is 3.18. The molecule has 0 aromatic carbocycles. The van der Waals surface area contributed by atoms with Crippen LogP contribution in [0.25, 0.3) is 0 Å². The van der Waals surface area contributed by atoms with Crippen LogP contribution in [0.2, 0.25) is 0 Å². The summed E-state index contributed by atoms with van der Waals surface area (Å²) in [5.74, 6) is -2.21. The Bertz CT molecular complexity index is 103. The first-order valence-corrected chi connectivity index (χ1v) is 2.62. The highest BCUT2D eigenvalue weighted by Gasteiger charge is 2.06. The van der Waals surface area contributed by atoms with Gasteiger partial charge in [-0.25, -0.2) is 4.79 Å². The van der Waals surface area contributed by atoms with E-state index in [9.17, 15) is 9.59 Å². The molecular formula is C3H4BrClO3. The number of carboxylic acid groups (broad SMARTS) is 1. The second-order valence-electron chi connectivity index (χ2n) is 0.862. The molecule has 0 amide bonds. The summed E-state index contributed by atoms with van der Waals surface area (Å²) in [6.45, 7) is 0. The maximum atomic E-state index is 9.87. The summed E-state index contributed by atoms with van der Waals surface area (Å²) in [5, 5.41) is 7.69. The topological polar surface area (TPSA) is 54.4 Å². The Morgan fingerprint density at radius 3 is 1.88 bits per heavy atom. The number of carboxylic acids is 1. The van der Waals surface area contributed by atoms with E-state index in [1.165, 1.54) is 0 Å². The third-order valence-electron chi connectivity index (χ3n) is 0.360. The zero-order chi connectivity index (χ0) is 5.86. The lowest BCUT2D eigenvalue weighted by molar-refractivity contribution is -0.147. The van der Waals surface area contributed by atoms with Gasteiger partial charge >= 0.3 is 5.97 Å². The third kappa shape index (κ3) is 4.08. The van der Waals surface area contributed by atoms with Gasteiger partial charge in [-0.1, -0.05) is 15.9 Å². The van der Waals surface area contributed by atoms with Crippen molar-refractivity contribution >= 4 is 40.1 Å². The van der Waals surface area contributed by atoms with Crippen LogP contribution in [0, 0.1) is 0 Å². The van der Waals surface area contributed by atoms with E-state index in [2.05, 4.69) is 15.9 Å². The number of hydrogen-bond donors (Lipinski definition) is 1. The molecule has 3 nitrogen and oxygen atoms in total. The van der Waals surface area contributed by atoms with Gasteiger partial charge in [0.15, 0.2) is 0 Å². The molecule has 0 fully saturated rings. The van der Waals surface area contributed by atoms with Crippen molar-refractivity contribution in [3.63, 3.8) is 0 Å². The van der Waals surface area contributed by atoms with Crippen LogP contribution >= 0.6 is 28.3 Å². The Morgan fingerprint density at radius 1 is 1.50 bits per heavy atom. The van der Waals surface area contributed by atoms with Crippen LogP contribution in [0.3, 0.4) is 0 Å². The van der Waals surface area contributed by atoms with Crippen molar-refractivity contribution in [2.45, 2.75) is 0 Å². The minimum atomic E-state index is -1.39. The summed E-state index contributed by atoms with van der Waals surface area (Å²) in [4.78, 5) is 19.4. The summed E-state index contributed by atoms with van der Waals surface area (Å²) in [6.07, 6.45) is 0. The van der Waals surface area contributed by atoms with Gasteiger partial charge in [-0.15, -0.1) is 12.4 Å². The summed E-state index contributed by atoms with van der Waals surface area (Å²) in [5.41, 5.74) is 0. The Labute approximate surface area is 60.6 Å². The van der Waals surface area contributed by atoms with E-state index >= 15 is 0 Å². The van der Waals surface area contributed by atoms with Crippen LogP contribution < -0.4 is 0 Å². The molecule has 0 aliphatic carbocycles. The zero-order valence-corrected chi connectivity index (χ0v) is 6.16. The minimum absolute atomic E-state index is 0. The molecule has 0 aromatic rings. The van der Waals surface area contributed by atoms with E-state index in [0.717, 1.165) is 0 Å². The van der Waals surface area contributed by atoms with Crippen molar-refractivity contribution in [3.8, 4) is 0 Å². The molecule has 0 rings (SSSR count). The monoisotopic (exact) mass is 202 g/mol. The first-order valence-electron chi connectivity index (χ1n) is 1.50. The average Bonchev–Trinajstić information content (AvgIpc) is 1.65. The molecule has 0 heterocycles. The first kappa shape index (κ1) is 10.8. The summed E-state index contributed by atoms with van der Waals surface area (Å²) in [7, 11) is 0. The van der Waals surface area contributed by atoms with Gasteiger partial charge in [-0.2, -0.15) is 0 Å². The standard InChI is InChI=1S/C3H3BrO3.ClH/c4-1-2(5)3(6)7;/h1H2,(H,6,7);1H. The molecule has 0 unspecified atom stereocenters. The van der Waals surface area contributed by atoms with Gasteiger partial charge in [0.05, 0.1) is 5.33 Å². The molecule has 0 saturated carbocycles. The van der Waals surface area contributed by atoms with E-state index in [1.807, 2.05) is 0 Å². The number of aliphatic carboxylic acids is 1. The highest BCUT2D eigenvalue weighted by molar-refractivity contribution is 9.09. The molecule has 1 N–H and O–H groups in total. The number of rotatable bonds is 2. The number of alkyl halides is 1. The maximum absolute atomic E-state index is 9.87. The van der Waals surface area contributed by atoms with Crippen LogP contribution in [0.5, 0.6) is 0 Å². The van der Waals surface area contributed by atoms with Gasteiger partial charge in [0.2, 0.25) is 5.78 Å². The maximum Gasteiger partial charge on any atom is 0.373 e. The van der Waals surface area contributed by atoms with Crippen molar-refractivity contribution in [2.24, 2.45) is 0 Å². The predicted octanol–water partition coefficient (Wildman–Crippen LogP) is 0.457. The van der Waals surface area contributed by atoms with Crippen molar-refractivity contribution in [3.05, 3.63) is 0 Å². The molecule has 0 atom stereocenters. The van der Waals surface area contributed by atoms with E-state index in [1.54, 1.807) is 0 Å². The van der Waals surface area contributed by atoms with Gasteiger partial charge in [0, 0.05) is 0 Å². The van der Waals surface area contributed by atoms with Gasteiger partial charge in [-0.05, 0) is 0 Å². The van der Waals surface area contributed by atoms with Crippen molar-refractivity contribution in [1.29, 1.82) is 0 Å². The Balaban J connectivity index is 0. The van der Waals surface area contributed by atoms with Crippen LogP contribution in [-0.2, 0) is 9.59 Å². The van der Waals surface area contributed by atoms with Crippen molar-refractivity contribution in [2.75, 3.05) is 5.33 Å². The van der Waals surface area contributed by atoms with Crippen LogP contribution in [0.15, 0.2) is 0 Å². The van der Waals surface area contributed by atoms with E-state index in [0.29, 0.717) is 0 Å². The molecule has 0 bridgehead atoms. The third-order valence-corrected chi connectivity index (χ3v) is 0.869. The molecule has 0 aromatic heterocycles. The molecule has 0 aliphatic heterocycles. The Morgan fingerprint density at radius 2 is 1.88 bits per heavy atom.